The fourth-order valence-electron chi connectivity index (χ4n) is 4.87. The highest BCUT2D eigenvalue weighted by atomic mass is 19.1. The summed E-state index contributed by atoms with van der Waals surface area (Å²) < 4.78 is 50.7. The fraction of sp³-hybridized carbons (Fsp3) is 0.314. The summed E-state index contributed by atoms with van der Waals surface area (Å²) in [5.41, 5.74) is 5.48. The third-order valence-electron chi connectivity index (χ3n) is 8.08. The van der Waals surface area contributed by atoms with Crippen LogP contribution in [0.15, 0.2) is 66.9 Å². The van der Waals surface area contributed by atoms with E-state index in [1.807, 2.05) is 0 Å². The van der Waals surface area contributed by atoms with Crippen LogP contribution in [0, 0.1) is 23.0 Å². The number of rotatable bonds is 16. The van der Waals surface area contributed by atoms with Crippen LogP contribution in [0.2, 0.25) is 0 Å². The van der Waals surface area contributed by atoms with Gasteiger partial charge in [-0.05, 0) is 61.4 Å². The van der Waals surface area contributed by atoms with Gasteiger partial charge >= 0.3 is 5.97 Å². The van der Waals surface area contributed by atoms with Crippen LogP contribution in [-0.4, -0.2) is 72.6 Å². The van der Waals surface area contributed by atoms with Gasteiger partial charge in [0.25, 0.3) is 0 Å². The van der Waals surface area contributed by atoms with E-state index < -0.39 is 46.8 Å². The second-order valence-corrected chi connectivity index (χ2v) is 11.7. The Morgan fingerprint density at radius 2 is 1.58 bits per heavy atom. The number of pyridine rings is 1. The van der Waals surface area contributed by atoms with Crippen molar-refractivity contribution in [3.8, 4) is 23.0 Å². The summed E-state index contributed by atoms with van der Waals surface area (Å²) in [6, 6.07) is 12.8. The number of halogens is 2. The Kier molecular flexibility index (Phi) is 11.4. The topological polar surface area (TPSA) is 192 Å². The smallest absolute Gasteiger partial charge is 0.323 e. The molecule has 1 atom stereocenters. The Bertz CT molecular complexity index is 1850. The zero-order valence-corrected chi connectivity index (χ0v) is 27.0. The molecular formula is C35H36F2N4O9. The van der Waals surface area contributed by atoms with E-state index in [1.54, 1.807) is 12.1 Å². The van der Waals surface area contributed by atoms with Gasteiger partial charge < -0.3 is 45.5 Å². The molecule has 0 saturated heterocycles. The molecule has 1 unspecified atom stereocenters. The largest absolute Gasteiger partial charge is 0.493 e. The molecule has 15 heteroatoms. The Hall–Kier alpha value is -5.38. The lowest BCUT2D eigenvalue weighted by Crippen LogP contribution is -2.35. The van der Waals surface area contributed by atoms with Crippen molar-refractivity contribution in [1.82, 2.24) is 4.98 Å². The number of amides is 2. The van der Waals surface area contributed by atoms with Crippen molar-refractivity contribution in [1.29, 1.82) is 0 Å². The molecule has 6 N–H and O–H groups in total. The van der Waals surface area contributed by atoms with Crippen molar-refractivity contribution in [2.45, 2.75) is 25.3 Å². The van der Waals surface area contributed by atoms with Crippen LogP contribution >= 0.6 is 0 Å². The molecule has 13 nitrogen and oxygen atoms in total. The Morgan fingerprint density at radius 3 is 2.22 bits per heavy atom. The summed E-state index contributed by atoms with van der Waals surface area (Å²) in [4.78, 5) is 42.4. The van der Waals surface area contributed by atoms with Gasteiger partial charge in [0.15, 0.2) is 23.1 Å². The average Bonchev–Trinajstić information content (AvgIpc) is 3.93. The number of nitrogens with two attached hydrogens (primary N) is 1. The number of aliphatic hydroxyl groups is 2. The molecule has 0 spiro atoms. The van der Waals surface area contributed by atoms with Gasteiger partial charge in [0.1, 0.15) is 23.0 Å². The molecule has 2 amide bonds. The molecule has 1 aliphatic rings. The quantitative estimate of drug-likeness (QED) is 0.0844. The summed E-state index contributed by atoms with van der Waals surface area (Å²) in [6.45, 7) is -0.818. The number of carbonyl (C=O) groups excluding carboxylic acids is 3. The molecule has 0 radical (unpaired) electrons. The molecule has 1 heterocycles. The molecule has 0 bridgehead atoms. The van der Waals surface area contributed by atoms with Crippen LogP contribution in [0.5, 0.6) is 23.0 Å². The SMILES string of the molecule is COc1cc2c(Oc3ccc(NC(=O)C4(C(=O)Nc5ccc(F)cc5)CC4)cc3F)ccnc2cc1OCCC(N)C(=O)OCC(CO)CO. The standard InChI is InChI=1S/C35H36F2N4O9/c1-47-30-15-24-27(16-31(30)48-13-9-26(38)32(44)49-19-20(17-42)18-43)39-12-8-28(24)50-29-7-6-23(14-25(29)37)41-34(46)35(10-11-35)33(45)40-22-4-2-21(36)3-5-22/h2-8,12,14-16,20,26,42-43H,9-11,13,17-19,38H2,1H3,(H,40,45)(H,41,46). The summed E-state index contributed by atoms with van der Waals surface area (Å²) in [5.74, 6) is -2.94. The van der Waals surface area contributed by atoms with Crippen LogP contribution in [-0.2, 0) is 19.1 Å². The van der Waals surface area contributed by atoms with E-state index in [4.69, 9.17) is 34.9 Å². The van der Waals surface area contributed by atoms with E-state index in [9.17, 15) is 18.8 Å². The molecule has 4 aromatic rings. The number of hydrogen-bond donors (Lipinski definition) is 5. The van der Waals surface area contributed by atoms with Crippen LogP contribution in [0.3, 0.4) is 0 Å². The number of anilines is 2. The maximum Gasteiger partial charge on any atom is 0.323 e. The summed E-state index contributed by atoms with van der Waals surface area (Å²) in [5, 5.41) is 23.9. The van der Waals surface area contributed by atoms with Gasteiger partial charge in [0.2, 0.25) is 11.8 Å². The minimum atomic E-state index is -1.32. The summed E-state index contributed by atoms with van der Waals surface area (Å²) in [7, 11) is 1.43. The summed E-state index contributed by atoms with van der Waals surface area (Å²) in [6.07, 6.45) is 2.17. The van der Waals surface area contributed by atoms with E-state index in [0.29, 0.717) is 40.9 Å². The number of carbonyl (C=O) groups is 3. The van der Waals surface area contributed by atoms with Crippen molar-refractivity contribution in [2.24, 2.45) is 17.1 Å². The Morgan fingerprint density at radius 1 is 0.900 bits per heavy atom. The van der Waals surface area contributed by atoms with Gasteiger partial charge in [0, 0.05) is 47.4 Å². The van der Waals surface area contributed by atoms with Crippen molar-refractivity contribution in [2.75, 3.05) is 44.2 Å². The maximum absolute atomic E-state index is 15.3. The number of aliphatic hydroxyl groups excluding tert-OH is 2. The lowest BCUT2D eigenvalue weighted by Gasteiger charge is -2.17. The number of fused-ring (bicyclic) bond motifs is 1. The number of benzene rings is 3. The van der Waals surface area contributed by atoms with Crippen LogP contribution < -0.4 is 30.6 Å². The maximum atomic E-state index is 15.3. The summed E-state index contributed by atoms with van der Waals surface area (Å²) >= 11 is 0. The number of nitrogens with one attached hydrogen (secondary N) is 2. The number of nitrogens with zero attached hydrogens (tertiary/aromatic N) is 1. The van der Waals surface area contributed by atoms with Crippen molar-refractivity contribution in [3.05, 3.63) is 78.5 Å². The Balaban J connectivity index is 1.21. The molecule has 1 aliphatic carbocycles. The van der Waals surface area contributed by atoms with Crippen LogP contribution in [0.1, 0.15) is 19.3 Å². The van der Waals surface area contributed by atoms with Crippen molar-refractivity contribution in [3.63, 3.8) is 0 Å². The first-order valence-corrected chi connectivity index (χ1v) is 15.7. The van der Waals surface area contributed by atoms with E-state index in [-0.39, 0.29) is 50.0 Å². The van der Waals surface area contributed by atoms with E-state index >= 15 is 4.39 Å². The molecule has 5 rings (SSSR count). The highest BCUT2D eigenvalue weighted by Gasteiger charge is 2.56. The van der Waals surface area contributed by atoms with E-state index in [1.165, 1.54) is 55.8 Å². The zero-order chi connectivity index (χ0) is 35.8. The number of hydrogen-bond acceptors (Lipinski definition) is 11. The minimum Gasteiger partial charge on any atom is -0.493 e. The highest BCUT2D eigenvalue weighted by Crippen LogP contribution is 2.47. The molecule has 1 saturated carbocycles. The number of aromatic nitrogens is 1. The molecule has 3 aromatic carbocycles. The van der Waals surface area contributed by atoms with Gasteiger partial charge in [-0.3, -0.25) is 19.4 Å². The first-order valence-electron chi connectivity index (χ1n) is 15.7. The van der Waals surface area contributed by atoms with Crippen LogP contribution in [0.25, 0.3) is 10.9 Å². The zero-order valence-electron chi connectivity index (χ0n) is 27.0. The van der Waals surface area contributed by atoms with E-state index in [2.05, 4.69) is 15.6 Å². The van der Waals surface area contributed by atoms with Gasteiger partial charge in [0.05, 0.1) is 39.1 Å². The average molecular weight is 695 g/mol. The molecular weight excluding hydrogens is 658 g/mol. The van der Waals surface area contributed by atoms with Crippen molar-refractivity contribution >= 4 is 40.1 Å². The predicted molar refractivity (Wildman–Crippen MR) is 177 cm³/mol. The second kappa shape index (κ2) is 15.9. The van der Waals surface area contributed by atoms with Crippen LogP contribution in [0.4, 0.5) is 20.2 Å². The first-order chi connectivity index (χ1) is 24.1. The second-order valence-electron chi connectivity index (χ2n) is 11.7. The lowest BCUT2D eigenvalue weighted by molar-refractivity contribution is -0.147. The number of esters is 1. The number of methoxy groups -OCH3 is 1. The minimum absolute atomic E-state index is 0.0197. The van der Waals surface area contributed by atoms with Gasteiger partial charge in [-0.25, -0.2) is 8.78 Å². The Labute approximate surface area is 285 Å². The van der Waals surface area contributed by atoms with E-state index in [0.717, 1.165) is 6.07 Å². The monoisotopic (exact) mass is 694 g/mol. The molecule has 1 fully saturated rings. The first kappa shape index (κ1) is 35.9. The third kappa shape index (κ3) is 8.42. The number of ether oxygens (including phenoxy) is 4. The predicted octanol–water partition coefficient (Wildman–Crippen LogP) is 3.91. The molecule has 0 aliphatic heterocycles. The lowest BCUT2D eigenvalue weighted by atomic mass is 10.0. The van der Waals surface area contributed by atoms with Crippen molar-refractivity contribution < 1.29 is 52.3 Å². The molecule has 1 aromatic heterocycles. The normalized spacial score (nSPS) is 13.7. The third-order valence-corrected chi connectivity index (χ3v) is 8.08. The van der Waals surface area contributed by atoms with Gasteiger partial charge in [-0.1, -0.05) is 0 Å². The van der Waals surface area contributed by atoms with Gasteiger partial charge in [-0.15, -0.1) is 0 Å². The fourth-order valence-corrected chi connectivity index (χ4v) is 4.87. The van der Waals surface area contributed by atoms with Gasteiger partial charge in [-0.2, -0.15) is 0 Å². The molecule has 264 valence electrons. The molecule has 50 heavy (non-hydrogen) atoms. The highest BCUT2D eigenvalue weighted by molar-refractivity contribution is 6.16.